The van der Waals surface area contributed by atoms with Gasteiger partial charge in [-0.3, -0.25) is 4.79 Å². The third-order valence-electron chi connectivity index (χ3n) is 5.72. The maximum absolute atomic E-state index is 15.3. The van der Waals surface area contributed by atoms with Crippen LogP contribution in [0.15, 0.2) is 121 Å². The number of hydrogen-bond donors (Lipinski definition) is 0. The van der Waals surface area contributed by atoms with Crippen molar-refractivity contribution in [2.45, 2.75) is 18.5 Å². The van der Waals surface area contributed by atoms with E-state index < -0.39 is 18.7 Å². The lowest BCUT2D eigenvalue weighted by atomic mass is 9.88. The van der Waals surface area contributed by atoms with Crippen LogP contribution in [-0.2, 0) is 9.36 Å². The smallest absolute Gasteiger partial charge is 0.151 e. The van der Waals surface area contributed by atoms with E-state index in [0.717, 1.165) is 21.7 Å². The Hall–Kier alpha value is -3.22. The number of carbonyl (C=O) groups excluding carboxylic acids is 1. The van der Waals surface area contributed by atoms with E-state index in [9.17, 15) is 4.79 Å². The van der Waals surface area contributed by atoms with Crippen LogP contribution in [0.2, 0.25) is 0 Å². The predicted octanol–water partition coefficient (Wildman–Crippen LogP) is 6.11. The van der Waals surface area contributed by atoms with Crippen molar-refractivity contribution in [2.24, 2.45) is 0 Å². The zero-order valence-electron chi connectivity index (χ0n) is 17.5. The van der Waals surface area contributed by atoms with Crippen LogP contribution in [0, 0.1) is 0 Å². The summed E-state index contributed by atoms with van der Waals surface area (Å²) in [6, 6.07) is 38.7. The Kier molecular flexibility index (Phi) is 6.30. The average Bonchev–Trinajstić information content (AvgIpc) is 2.84. The normalized spacial score (nSPS) is 13.3. The lowest BCUT2D eigenvalue weighted by Gasteiger charge is -2.34. The lowest BCUT2D eigenvalue weighted by Crippen LogP contribution is -2.28. The Morgan fingerprint density at radius 3 is 1.32 bits per heavy atom. The summed E-state index contributed by atoms with van der Waals surface area (Å²) in [6.07, 6.45) is 0. The Morgan fingerprint density at radius 1 is 0.581 bits per heavy atom. The quantitative estimate of drug-likeness (QED) is 0.335. The minimum Gasteiger partial charge on any atom is -0.313 e. The number of carbonyl (C=O) groups is 1. The van der Waals surface area contributed by atoms with Crippen LogP contribution in [0.4, 0.5) is 0 Å². The summed E-state index contributed by atoms with van der Waals surface area (Å²) in [4.78, 5) is 13.1. The van der Waals surface area contributed by atoms with Gasteiger partial charge >= 0.3 is 0 Å². The Balaban J connectivity index is 2.05. The van der Waals surface area contributed by atoms with Gasteiger partial charge in [-0.15, -0.1) is 0 Å². The van der Waals surface area contributed by atoms with E-state index in [0.29, 0.717) is 0 Å². The molecule has 0 saturated heterocycles. The molecule has 2 unspecified atom stereocenters. The first-order valence-corrected chi connectivity index (χ1v) is 12.2. The van der Waals surface area contributed by atoms with Gasteiger partial charge in [0, 0.05) is 10.6 Å². The molecule has 0 aliphatic heterocycles. The summed E-state index contributed by atoms with van der Waals surface area (Å²) in [7, 11) is -3.25. The van der Waals surface area contributed by atoms with Gasteiger partial charge in [-0.25, -0.2) is 0 Å². The minimum atomic E-state index is -3.25. The highest BCUT2D eigenvalue weighted by molar-refractivity contribution is 7.79. The molecule has 0 aromatic heterocycles. The molecular formula is C28H25O2P. The summed E-state index contributed by atoms with van der Waals surface area (Å²) >= 11 is 0. The predicted molar refractivity (Wildman–Crippen MR) is 129 cm³/mol. The fraction of sp³-hybridized carbons (Fsp3) is 0.107. The molecule has 4 aromatic carbocycles. The summed E-state index contributed by atoms with van der Waals surface area (Å²) in [5.41, 5.74) is 1.27. The molecule has 0 N–H and O–H groups in total. The molecule has 0 bridgehead atoms. The van der Waals surface area contributed by atoms with Crippen LogP contribution in [0.5, 0.6) is 0 Å². The monoisotopic (exact) mass is 424 g/mol. The fourth-order valence-electron chi connectivity index (χ4n) is 4.33. The van der Waals surface area contributed by atoms with Crippen LogP contribution in [0.1, 0.15) is 29.6 Å². The van der Waals surface area contributed by atoms with Crippen molar-refractivity contribution < 1.29 is 9.36 Å². The lowest BCUT2D eigenvalue weighted by molar-refractivity contribution is -0.118. The molecule has 0 radical (unpaired) electrons. The molecule has 2 atom stereocenters. The van der Waals surface area contributed by atoms with Crippen molar-refractivity contribution in [3.05, 3.63) is 132 Å². The molecule has 0 heterocycles. The summed E-state index contributed by atoms with van der Waals surface area (Å²) in [5, 5.41) is 1.52. The molecule has 2 nitrogen and oxygen atoms in total. The van der Waals surface area contributed by atoms with Crippen LogP contribution in [0.25, 0.3) is 0 Å². The molecule has 0 amide bonds. The van der Waals surface area contributed by atoms with Crippen molar-refractivity contribution in [1.82, 2.24) is 0 Å². The number of Topliss-reactive ketones (excluding diaryl/α,β-unsaturated/α-hetero) is 1. The SMILES string of the molecule is CC(=O)C(c1ccccc1)C(c1ccccc1)P(=O)(c1ccccc1)c1ccccc1. The topological polar surface area (TPSA) is 34.1 Å². The number of ketones is 1. The molecule has 0 aliphatic carbocycles. The highest BCUT2D eigenvalue weighted by atomic mass is 31.2. The largest absolute Gasteiger partial charge is 0.313 e. The Bertz CT molecular complexity index is 1130. The first kappa shape index (κ1) is 21.0. The van der Waals surface area contributed by atoms with Crippen LogP contribution in [-0.4, -0.2) is 5.78 Å². The highest BCUT2D eigenvalue weighted by Gasteiger charge is 2.44. The number of hydrogen-bond acceptors (Lipinski definition) is 2. The van der Waals surface area contributed by atoms with Crippen molar-refractivity contribution in [3.8, 4) is 0 Å². The highest BCUT2D eigenvalue weighted by Crippen LogP contribution is 2.62. The molecule has 4 rings (SSSR count). The number of benzene rings is 4. The number of rotatable bonds is 7. The van der Waals surface area contributed by atoms with Gasteiger partial charge in [0.15, 0.2) is 7.14 Å². The zero-order chi connectivity index (χ0) is 21.7. The summed E-state index contributed by atoms with van der Waals surface area (Å²) in [5.74, 6) is -0.526. The van der Waals surface area contributed by atoms with Gasteiger partial charge in [0.25, 0.3) is 0 Å². The van der Waals surface area contributed by atoms with Gasteiger partial charge in [-0.1, -0.05) is 121 Å². The second-order valence-electron chi connectivity index (χ2n) is 7.68. The van der Waals surface area contributed by atoms with Gasteiger partial charge in [0.1, 0.15) is 5.78 Å². The van der Waals surface area contributed by atoms with E-state index in [1.165, 1.54) is 0 Å². The molecule has 154 valence electrons. The summed E-state index contributed by atoms with van der Waals surface area (Å²) < 4.78 is 15.3. The van der Waals surface area contributed by atoms with Crippen molar-refractivity contribution >= 4 is 23.5 Å². The van der Waals surface area contributed by atoms with Crippen molar-refractivity contribution in [3.63, 3.8) is 0 Å². The molecule has 0 spiro atoms. The standard InChI is InChI=1S/C28H25O2P/c1-22(29)27(23-14-6-2-7-15-23)28(24-16-8-3-9-17-24)31(30,25-18-10-4-11-19-25)26-20-12-5-13-21-26/h2-21,27-28H,1H3. The van der Waals surface area contributed by atoms with Crippen LogP contribution >= 0.6 is 7.14 Å². The summed E-state index contributed by atoms with van der Waals surface area (Å²) in [6.45, 7) is 1.61. The van der Waals surface area contributed by atoms with E-state index in [1.807, 2.05) is 121 Å². The average molecular weight is 424 g/mol. The molecule has 4 aromatic rings. The molecule has 3 heteroatoms. The molecular weight excluding hydrogens is 399 g/mol. The van der Waals surface area contributed by atoms with E-state index in [-0.39, 0.29) is 5.78 Å². The van der Waals surface area contributed by atoms with E-state index in [4.69, 9.17) is 0 Å². The Morgan fingerprint density at radius 2 is 0.935 bits per heavy atom. The third kappa shape index (κ3) is 4.17. The molecule has 0 saturated carbocycles. The van der Waals surface area contributed by atoms with Gasteiger partial charge < -0.3 is 4.57 Å². The van der Waals surface area contributed by atoms with Gasteiger partial charge in [0.05, 0.1) is 11.6 Å². The van der Waals surface area contributed by atoms with E-state index >= 15 is 4.57 Å². The maximum Gasteiger partial charge on any atom is 0.151 e. The van der Waals surface area contributed by atoms with Gasteiger partial charge in [-0.05, 0) is 18.1 Å². The van der Waals surface area contributed by atoms with Crippen molar-refractivity contribution in [2.75, 3.05) is 0 Å². The van der Waals surface area contributed by atoms with Crippen LogP contribution < -0.4 is 10.6 Å². The van der Waals surface area contributed by atoms with Gasteiger partial charge in [0.2, 0.25) is 0 Å². The molecule has 31 heavy (non-hydrogen) atoms. The van der Waals surface area contributed by atoms with Crippen LogP contribution in [0.3, 0.4) is 0 Å². The molecule has 0 fully saturated rings. The van der Waals surface area contributed by atoms with E-state index in [2.05, 4.69) is 0 Å². The zero-order valence-corrected chi connectivity index (χ0v) is 18.4. The second-order valence-corrected chi connectivity index (χ2v) is 10.6. The van der Waals surface area contributed by atoms with E-state index in [1.54, 1.807) is 6.92 Å². The Labute approximate surface area is 184 Å². The first-order chi connectivity index (χ1) is 15.1. The fourth-order valence-corrected chi connectivity index (χ4v) is 7.90. The third-order valence-corrected chi connectivity index (χ3v) is 9.24. The first-order valence-electron chi connectivity index (χ1n) is 10.4. The van der Waals surface area contributed by atoms with Crippen molar-refractivity contribution in [1.29, 1.82) is 0 Å². The molecule has 0 aliphatic rings. The van der Waals surface area contributed by atoms with Gasteiger partial charge in [-0.2, -0.15) is 0 Å². The maximum atomic E-state index is 15.3. The second kappa shape index (κ2) is 9.29. The minimum absolute atomic E-state index is 0.00661.